The van der Waals surface area contributed by atoms with E-state index in [4.69, 9.17) is 4.74 Å². The molecule has 3 rings (SSSR count). The zero-order valence-corrected chi connectivity index (χ0v) is 10.2. The first-order valence-electron chi connectivity index (χ1n) is 6.38. The Hall–Kier alpha value is -1.29. The standard InChI is InChI=1S/C13H18N2O2/c1-2-17-12(16)13-6-3-8-15(13)9-5-11-10(13)4-7-14-11/h4,7,14H,2-3,5-6,8-9H2,1H3. The molecule has 2 aliphatic rings. The molecule has 3 heterocycles. The number of hydrogen-bond donors (Lipinski definition) is 1. The van der Waals surface area contributed by atoms with Crippen LogP contribution >= 0.6 is 0 Å². The maximum atomic E-state index is 12.4. The average Bonchev–Trinajstić information content (AvgIpc) is 2.95. The van der Waals surface area contributed by atoms with Crippen LogP contribution in [0.4, 0.5) is 0 Å². The van der Waals surface area contributed by atoms with Crippen LogP contribution in [0, 0.1) is 0 Å². The SMILES string of the molecule is CCOC(=O)C12CCCN1CCc1[nH]ccc12. The number of nitrogens with one attached hydrogen (secondary N) is 1. The number of carbonyl (C=O) groups is 1. The van der Waals surface area contributed by atoms with Crippen LogP contribution in [0.1, 0.15) is 31.0 Å². The van der Waals surface area contributed by atoms with E-state index in [2.05, 4.69) is 9.88 Å². The summed E-state index contributed by atoms with van der Waals surface area (Å²) in [6, 6.07) is 2.05. The highest BCUT2D eigenvalue weighted by Gasteiger charge is 2.53. The van der Waals surface area contributed by atoms with Crippen LogP contribution < -0.4 is 0 Å². The molecule has 1 fully saturated rings. The summed E-state index contributed by atoms with van der Waals surface area (Å²) in [5.41, 5.74) is 1.85. The van der Waals surface area contributed by atoms with Gasteiger partial charge in [0.1, 0.15) is 5.54 Å². The zero-order valence-electron chi connectivity index (χ0n) is 10.2. The van der Waals surface area contributed by atoms with Crippen LogP contribution in [0.5, 0.6) is 0 Å². The molecule has 92 valence electrons. The van der Waals surface area contributed by atoms with E-state index in [0.717, 1.165) is 37.9 Å². The topological polar surface area (TPSA) is 45.3 Å². The summed E-state index contributed by atoms with van der Waals surface area (Å²) in [4.78, 5) is 17.9. The first-order valence-corrected chi connectivity index (χ1v) is 6.38. The van der Waals surface area contributed by atoms with Gasteiger partial charge in [-0.2, -0.15) is 0 Å². The number of aromatic nitrogens is 1. The third-order valence-electron chi connectivity index (χ3n) is 4.03. The van der Waals surface area contributed by atoms with E-state index in [9.17, 15) is 4.79 Å². The largest absolute Gasteiger partial charge is 0.464 e. The van der Waals surface area contributed by atoms with Crippen molar-refractivity contribution >= 4 is 5.97 Å². The quantitative estimate of drug-likeness (QED) is 0.787. The highest BCUT2D eigenvalue weighted by molar-refractivity contribution is 5.84. The number of H-pyrrole nitrogens is 1. The molecule has 0 aromatic carbocycles. The Morgan fingerprint density at radius 3 is 3.29 bits per heavy atom. The molecule has 0 spiro atoms. The number of hydrogen-bond acceptors (Lipinski definition) is 3. The number of fused-ring (bicyclic) bond motifs is 3. The van der Waals surface area contributed by atoms with E-state index in [1.54, 1.807) is 0 Å². The second-order valence-electron chi connectivity index (χ2n) is 4.79. The fourth-order valence-electron chi connectivity index (χ4n) is 3.32. The predicted octanol–water partition coefficient (Wildman–Crippen LogP) is 1.42. The van der Waals surface area contributed by atoms with Crippen LogP contribution in [0.2, 0.25) is 0 Å². The van der Waals surface area contributed by atoms with Gasteiger partial charge < -0.3 is 9.72 Å². The minimum Gasteiger partial charge on any atom is -0.464 e. The summed E-state index contributed by atoms with van der Waals surface area (Å²) in [7, 11) is 0. The summed E-state index contributed by atoms with van der Waals surface area (Å²) in [5, 5.41) is 0. The molecule has 4 nitrogen and oxygen atoms in total. The van der Waals surface area contributed by atoms with Gasteiger partial charge in [0.2, 0.25) is 0 Å². The highest BCUT2D eigenvalue weighted by atomic mass is 16.5. The number of ether oxygens (including phenoxy) is 1. The van der Waals surface area contributed by atoms with Gasteiger partial charge in [0.25, 0.3) is 0 Å². The molecule has 1 N–H and O–H groups in total. The molecule has 0 bridgehead atoms. The monoisotopic (exact) mass is 234 g/mol. The minimum absolute atomic E-state index is 0.0712. The van der Waals surface area contributed by atoms with Crippen LogP contribution in [0.25, 0.3) is 0 Å². The summed E-state index contributed by atoms with van der Waals surface area (Å²) >= 11 is 0. The summed E-state index contributed by atoms with van der Waals surface area (Å²) in [6.07, 6.45) is 4.90. The van der Waals surface area contributed by atoms with Crippen LogP contribution in [-0.2, 0) is 21.5 Å². The van der Waals surface area contributed by atoms with Crippen molar-refractivity contribution < 1.29 is 9.53 Å². The molecular weight excluding hydrogens is 216 g/mol. The first-order chi connectivity index (χ1) is 8.29. The van der Waals surface area contributed by atoms with Crippen molar-refractivity contribution in [3.63, 3.8) is 0 Å². The Balaban J connectivity index is 2.07. The van der Waals surface area contributed by atoms with E-state index in [-0.39, 0.29) is 5.97 Å². The normalized spacial score (nSPS) is 27.6. The molecule has 1 aromatic rings. The Kier molecular flexibility index (Phi) is 2.47. The van der Waals surface area contributed by atoms with Crippen molar-refractivity contribution in [2.45, 2.75) is 31.7 Å². The van der Waals surface area contributed by atoms with Crippen molar-refractivity contribution in [3.8, 4) is 0 Å². The molecule has 0 amide bonds. The van der Waals surface area contributed by atoms with E-state index in [1.165, 1.54) is 5.69 Å². The lowest BCUT2D eigenvalue weighted by molar-refractivity contribution is -0.157. The lowest BCUT2D eigenvalue weighted by atomic mass is 9.83. The second kappa shape index (κ2) is 3.88. The van der Waals surface area contributed by atoms with E-state index < -0.39 is 5.54 Å². The number of aromatic amines is 1. The number of nitrogens with zero attached hydrogens (tertiary/aromatic N) is 1. The van der Waals surface area contributed by atoms with Crippen LogP contribution in [0.3, 0.4) is 0 Å². The number of esters is 1. The molecule has 2 aliphatic heterocycles. The van der Waals surface area contributed by atoms with Gasteiger partial charge in [0, 0.05) is 30.4 Å². The van der Waals surface area contributed by atoms with Crippen LogP contribution in [-0.4, -0.2) is 35.5 Å². The summed E-state index contributed by atoms with van der Waals surface area (Å²) in [5.74, 6) is -0.0712. The van der Waals surface area contributed by atoms with E-state index in [1.807, 2.05) is 19.2 Å². The fourth-order valence-corrected chi connectivity index (χ4v) is 3.32. The Morgan fingerprint density at radius 1 is 1.59 bits per heavy atom. The molecule has 1 saturated heterocycles. The fraction of sp³-hybridized carbons (Fsp3) is 0.615. The van der Waals surface area contributed by atoms with E-state index in [0.29, 0.717) is 6.61 Å². The molecule has 1 unspecified atom stereocenters. The molecule has 0 radical (unpaired) electrons. The smallest absolute Gasteiger partial charge is 0.331 e. The Morgan fingerprint density at radius 2 is 2.47 bits per heavy atom. The molecule has 1 aromatic heterocycles. The molecule has 0 saturated carbocycles. The predicted molar refractivity (Wildman–Crippen MR) is 63.6 cm³/mol. The van der Waals surface area contributed by atoms with Gasteiger partial charge >= 0.3 is 5.97 Å². The molecule has 4 heteroatoms. The van der Waals surface area contributed by atoms with Crippen LogP contribution in [0.15, 0.2) is 12.3 Å². The first kappa shape index (κ1) is 10.8. The highest BCUT2D eigenvalue weighted by Crippen LogP contribution is 2.44. The maximum Gasteiger partial charge on any atom is 0.331 e. The molecule has 17 heavy (non-hydrogen) atoms. The van der Waals surface area contributed by atoms with Gasteiger partial charge in [-0.25, -0.2) is 4.79 Å². The third kappa shape index (κ3) is 1.37. The van der Waals surface area contributed by atoms with Gasteiger partial charge in [-0.05, 0) is 32.4 Å². The number of carbonyl (C=O) groups excluding carboxylic acids is 1. The lowest BCUT2D eigenvalue weighted by Gasteiger charge is -2.40. The van der Waals surface area contributed by atoms with Gasteiger partial charge in [0.05, 0.1) is 6.61 Å². The van der Waals surface area contributed by atoms with Gasteiger partial charge in [0.15, 0.2) is 0 Å². The minimum atomic E-state index is -0.496. The Bertz CT molecular complexity index is 440. The van der Waals surface area contributed by atoms with Crippen molar-refractivity contribution in [2.75, 3.05) is 19.7 Å². The van der Waals surface area contributed by atoms with Crippen molar-refractivity contribution in [2.24, 2.45) is 0 Å². The maximum absolute atomic E-state index is 12.4. The molecule has 0 aliphatic carbocycles. The lowest BCUT2D eigenvalue weighted by Crippen LogP contribution is -2.52. The van der Waals surface area contributed by atoms with Crippen molar-refractivity contribution in [1.29, 1.82) is 0 Å². The number of rotatable bonds is 2. The van der Waals surface area contributed by atoms with Gasteiger partial charge in [-0.3, -0.25) is 4.90 Å². The average molecular weight is 234 g/mol. The zero-order chi connectivity index (χ0) is 11.9. The third-order valence-corrected chi connectivity index (χ3v) is 4.03. The Labute approximate surface area is 101 Å². The molecular formula is C13H18N2O2. The molecule has 1 atom stereocenters. The summed E-state index contributed by atoms with van der Waals surface area (Å²) in [6.45, 7) is 4.28. The van der Waals surface area contributed by atoms with Crippen molar-refractivity contribution in [1.82, 2.24) is 9.88 Å². The van der Waals surface area contributed by atoms with E-state index >= 15 is 0 Å². The second-order valence-corrected chi connectivity index (χ2v) is 4.79. The van der Waals surface area contributed by atoms with Crippen molar-refractivity contribution in [3.05, 3.63) is 23.5 Å². The summed E-state index contributed by atoms with van der Waals surface area (Å²) < 4.78 is 5.32. The van der Waals surface area contributed by atoms with Gasteiger partial charge in [-0.1, -0.05) is 0 Å². The van der Waals surface area contributed by atoms with Gasteiger partial charge in [-0.15, -0.1) is 0 Å².